The Balaban J connectivity index is 1.00. The molecule has 0 spiro atoms. The molecule has 308 valence electrons. The lowest BCUT2D eigenvalue weighted by Gasteiger charge is -2.28. The molecule has 9 aromatic carbocycles. The van der Waals surface area contributed by atoms with Gasteiger partial charge in [-0.2, -0.15) is 0 Å². The van der Waals surface area contributed by atoms with Crippen LogP contribution in [0.5, 0.6) is 0 Å². The summed E-state index contributed by atoms with van der Waals surface area (Å²) in [6, 6.07) is 85.5. The molecule has 0 N–H and O–H groups in total. The predicted molar refractivity (Wildman–Crippen MR) is 273 cm³/mol. The molecular formula is C62H45N3. The second-order valence-corrected chi connectivity index (χ2v) is 17.6. The van der Waals surface area contributed by atoms with Crippen LogP contribution in [0.4, 0.5) is 17.1 Å². The van der Waals surface area contributed by atoms with Gasteiger partial charge in [-0.15, -0.1) is 0 Å². The van der Waals surface area contributed by atoms with Gasteiger partial charge in [-0.3, -0.25) is 0 Å². The first kappa shape index (κ1) is 38.4. The van der Waals surface area contributed by atoms with Crippen molar-refractivity contribution in [1.29, 1.82) is 0 Å². The highest BCUT2D eigenvalue weighted by molar-refractivity contribution is 6.14. The monoisotopic (exact) mass is 831 g/mol. The molecular weight excluding hydrogens is 787 g/mol. The van der Waals surface area contributed by atoms with E-state index in [1.807, 2.05) is 0 Å². The normalized spacial score (nSPS) is 12.6. The Morgan fingerprint density at radius 1 is 0.385 bits per heavy atom. The van der Waals surface area contributed by atoms with Gasteiger partial charge in [0, 0.05) is 44.7 Å². The van der Waals surface area contributed by atoms with Crippen LogP contribution >= 0.6 is 0 Å². The largest absolute Gasteiger partial charge is 0.310 e. The zero-order chi connectivity index (χ0) is 43.5. The van der Waals surface area contributed by atoms with E-state index >= 15 is 0 Å². The van der Waals surface area contributed by atoms with Gasteiger partial charge in [0.2, 0.25) is 0 Å². The molecule has 3 heteroatoms. The van der Waals surface area contributed by atoms with Gasteiger partial charge >= 0.3 is 0 Å². The standard InChI is InChI=1S/C62H45N3/c1-62(2)56-26-16-15-25-52(56)53-36-35-51(41-57(53)62)64(49-31-27-44(28-32-49)42-17-7-3-8-18-42)50-33-29-46(30-34-50)58-37-38-59-60(63-58)55-40-47(43-19-9-4-10-20-43)39-54(45-21-11-5-12-22-45)61(55)65(59)48-23-13-6-14-24-48/h3-41H,1-2H3. The molecule has 1 aliphatic carbocycles. The van der Waals surface area contributed by atoms with E-state index in [4.69, 9.17) is 4.98 Å². The number of fused-ring (bicyclic) bond motifs is 6. The predicted octanol–water partition coefficient (Wildman–Crippen LogP) is 16.6. The zero-order valence-corrected chi connectivity index (χ0v) is 36.4. The second-order valence-electron chi connectivity index (χ2n) is 17.6. The minimum absolute atomic E-state index is 0.119. The van der Waals surface area contributed by atoms with Gasteiger partial charge in [0.15, 0.2) is 0 Å². The van der Waals surface area contributed by atoms with Crippen molar-refractivity contribution in [2.75, 3.05) is 4.90 Å². The minimum Gasteiger partial charge on any atom is -0.310 e. The average molecular weight is 832 g/mol. The number of hydrogen-bond donors (Lipinski definition) is 0. The summed E-state index contributed by atoms with van der Waals surface area (Å²) in [5.41, 5.74) is 21.9. The molecule has 0 amide bonds. The molecule has 0 aliphatic heterocycles. The van der Waals surface area contributed by atoms with Crippen molar-refractivity contribution in [1.82, 2.24) is 9.55 Å². The highest BCUT2D eigenvalue weighted by atomic mass is 15.1. The van der Waals surface area contributed by atoms with E-state index in [1.54, 1.807) is 0 Å². The molecule has 0 fully saturated rings. The van der Waals surface area contributed by atoms with Crippen LogP contribution in [-0.2, 0) is 5.41 Å². The van der Waals surface area contributed by atoms with E-state index in [2.05, 4.69) is 260 Å². The Morgan fingerprint density at radius 3 is 1.57 bits per heavy atom. The van der Waals surface area contributed by atoms with Crippen LogP contribution in [0.1, 0.15) is 25.0 Å². The lowest BCUT2D eigenvalue weighted by Crippen LogP contribution is -2.16. The summed E-state index contributed by atoms with van der Waals surface area (Å²) in [5.74, 6) is 0. The number of nitrogens with zero attached hydrogens (tertiary/aromatic N) is 3. The Labute approximate surface area is 380 Å². The van der Waals surface area contributed by atoms with Crippen molar-refractivity contribution in [2.45, 2.75) is 19.3 Å². The number of aromatic nitrogens is 2. The van der Waals surface area contributed by atoms with Crippen molar-refractivity contribution in [3.63, 3.8) is 0 Å². The van der Waals surface area contributed by atoms with Crippen LogP contribution in [0.25, 0.3) is 83.4 Å². The van der Waals surface area contributed by atoms with E-state index in [-0.39, 0.29) is 5.41 Å². The van der Waals surface area contributed by atoms with Gasteiger partial charge in [0.25, 0.3) is 0 Å². The number of para-hydroxylation sites is 1. The van der Waals surface area contributed by atoms with Gasteiger partial charge in [0.05, 0.1) is 22.2 Å². The highest BCUT2D eigenvalue weighted by Crippen LogP contribution is 2.51. The topological polar surface area (TPSA) is 21.1 Å². The summed E-state index contributed by atoms with van der Waals surface area (Å²) in [6.07, 6.45) is 0. The maximum atomic E-state index is 5.56. The smallest absolute Gasteiger partial charge is 0.0971 e. The summed E-state index contributed by atoms with van der Waals surface area (Å²) in [4.78, 5) is 7.95. The highest BCUT2D eigenvalue weighted by Gasteiger charge is 2.35. The van der Waals surface area contributed by atoms with Crippen molar-refractivity contribution in [3.05, 3.63) is 248 Å². The number of hydrogen-bond acceptors (Lipinski definition) is 2. The van der Waals surface area contributed by atoms with E-state index in [1.165, 1.54) is 50.1 Å². The molecule has 0 radical (unpaired) electrons. The molecule has 11 aromatic rings. The minimum atomic E-state index is -0.119. The van der Waals surface area contributed by atoms with Gasteiger partial charge in [-0.1, -0.05) is 178 Å². The maximum absolute atomic E-state index is 5.56. The number of benzene rings is 9. The molecule has 0 atom stereocenters. The summed E-state index contributed by atoms with van der Waals surface area (Å²) in [6.45, 7) is 4.70. The molecule has 65 heavy (non-hydrogen) atoms. The van der Waals surface area contributed by atoms with Crippen LogP contribution in [-0.4, -0.2) is 9.55 Å². The number of pyridine rings is 1. The van der Waals surface area contributed by atoms with E-state index in [0.29, 0.717) is 0 Å². The van der Waals surface area contributed by atoms with Crippen LogP contribution in [0.15, 0.2) is 237 Å². The molecule has 3 nitrogen and oxygen atoms in total. The third-order valence-electron chi connectivity index (χ3n) is 13.4. The van der Waals surface area contributed by atoms with Crippen molar-refractivity contribution in [2.24, 2.45) is 0 Å². The lowest BCUT2D eigenvalue weighted by atomic mass is 9.82. The summed E-state index contributed by atoms with van der Waals surface area (Å²) >= 11 is 0. The fourth-order valence-corrected chi connectivity index (χ4v) is 10.1. The molecule has 2 aromatic heterocycles. The summed E-state index contributed by atoms with van der Waals surface area (Å²) < 4.78 is 2.39. The fourth-order valence-electron chi connectivity index (χ4n) is 10.1. The second kappa shape index (κ2) is 15.5. The Bertz CT molecular complexity index is 3520. The van der Waals surface area contributed by atoms with Crippen LogP contribution in [0, 0.1) is 0 Å². The molecule has 0 unspecified atom stereocenters. The van der Waals surface area contributed by atoms with Gasteiger partial charge in [0.1, 0.15) is 0 Å². The number of anilines is 3. The Morgan fingerprint density at radius 2 is 0.908 bits per heavy atom. The zero-order valence-electron chi connectivity index (χ0n) is 36.4. The summed E-state index contributed by atoms with van der Waals surface area (Å²) in [7, 11) is 0. The van der Waals surface area contributed by atoms with Crippen molar-refractivity contribution >= 4 is 39.0 Å². The van der Waals surface area contributed by atoms with Crippen LogP contribution in [0.3, 0.4) is 0 Å². The lowest BCUT2D eigenvalue weighted by molar-refractivity contribution is 0.660. The van der Waals surface area contributed by atoms with Crippen molar-refractivity contribution in [3.8, 4) is 61.5 Å². The van der Waals surface area contributed by atoms with E-state index in [0.717, 1.165) is 61.5 Å². The Hall–Kier alpha value is -8.27. The van der Waals surface area contributed by atoms with Crippen LogP contribution < -0.4 is 4.90 Å². The van der Waals surface area contributed by atoms with Gasteiger partial charge in [-0.25, -0.2) is 4.98 Å². The van der Waals surface area contributed by atoms with E-state index < -0.39 is 0 Å². The Kier molecular flexibility index (Phi) is 9.17. The molecule has 0 saturated heterocycles. The fraction of sp³-hybridized carbons (Fsp3) is 0.0484. The number of rotatable bonds is 8. The average Bonchev–Trinajstić information content (AvgIpc) is 3.82. The first-order chi connectivity index (χ1) is 32.0. The third-order valence-corrected chi connectivity index (χ3v) is 13.4. The molecule has 1 aliphatic rings. The first-order valence-corrected chi connectivity index (χ1v) is 22.5. The van der Waals surface area contributed by atoms with Gasteiger partial charge in [-0.05, 0) is 123 Å². The van der Waals surface area contributed by atoms with Crippen LogP contribution in [0.2, 0.25) is 0 Å². The summed E-state index contributed by atoms with van der Waals surface area (Å²) in [5, 5.41) is 1.12. The molecule has 12 rings (SSSR count). The molecule has 2 heterocycles. The molecule has 0 saturated carbocycles. The quantitative estimate of drug-likeness (QED) is 0.152. The van der Waals surface area contributed by atoms with Gasteiger partial charge < -0.3 is 9.47 Å². The first-order valence-electron chi connectivity index (χ1n) is 22.5. The maximum Gasteiger partial charge on any atom is 0.0971 e. The van der Waals surface area contributed by atoms with Crippen molar-refractivity contribution < 1.29 is 0 Å². The SMILES string of the molecule is CC1(C)c2ccccc2-c2ccc(N(c3ccc(-c4ccccc4)cc3)c3ccc(-c4ccc5c(n4)c4cc(-c6ccccc6)cc(-c6ccccc6)c4n5-c4ccccc4)cc3)cc21. The molecule has 0 bridgehead atoms. The third kappa shape index (κ3) is 6.55. The van der Waals surface area contributed by atoms with E-state index in [9.17, 15) is 0 Å².